The van der Waals surface area contributed by atoms with Gasteiger partial charge in [-0.2, -0.15) is 0 Å². The van der Waals surface area contributed by atoms with Crippen LogP contribution in [0.2, 0.25) is 10.0 Å². The summed E-state index contributed by atoms with van der Waals surface area (Å²) in [5, 5.41) is 5.56. The highest BCUT2D eigenvalue weighted by Crippen LogP contribution is 2.24. The molecule has 4 rings (SSSR count). The molecule has 0 saturated carbocycles. The average Bonchev–Trinajstić information content (AvgIpc) is 3.04. The van der Waals surface area contributed by atoms with E-state index in [1.54, 1.807) is 18.2 Å². The number of rotatable bonds is 3. The first-order valence-corrected chi connectivity index (χ1v) is 9.40. The van der Waals surface area contributed by atoms with Gasteiger partial charge in [0.25, 0.3) is 5.91 Å². The minimum atomic E-state index is -0.0271. The Kier molecular flexibility index (Phi) is 4.90. The van der Waals surface area contributed by atoms with Crippen molar-refractivity contribution in [2.24, 2.45) is 0 Å². The molecule has 1 aliphatic rings. The van der Waals surface area contributed by atoms with E-state index in [1.807, 2.05) is 23.2 Å². The van der Waals surface area contributed by atoms with E-state index in [0.717, 1.165) is 25.0 Å². The first-order valence-electron chi connectivity index (χ1n) is 8.64. The number of para-hydroxylation sites is 1. The van der Waals surface area contributed by atoms with Crippen LogP contribution in [0.15, 0.2) is 48.7 Å². The van der Waals surface area contributed by atoms with Gasteiger partial charge >= 0.3 is 0 Å². The van der Waals surface area contributed by atoms with Crippen LogP contribution in [-0.4, -0.2) is 41.5 Å². The van der Waals surface area contributed by atoms with Crippen molar-refractivity contribution in [2.45, 2.75) is 12.5 Å². The Morgan fingerprint density at radius 2 is 1.92 bits per heavy atom. The number of aromatic amines is 1. The molecular formula is C20H19Cl2N3O. The average molecular weight is 388 g/mol. The second kappa shape index (κ2) is 7.31. The van der Waals surface area contributed by atoms with Crippen LogP contribution in [0.1, 0.15) is 15.9 Å². The first-order chi connectivity index (χ1) is 12.6. The van der Waals surface area contributed by atoms with Crippen molar-refractivity contribution in [1.82, 2.24) is 15.2 Å². The Labute approximate surface area is 162 Å². The predicted molar refractivity (Wildman–Crippen MR) is 106 cm³/mol. The molecule has 1 aromatic heterocycles. The molecule has 0 spiro atoms. The van der Waals surface area contributed by atoms with E-state index in [0.29, 0.717) is 22.2 Å². The summed E-state index contributed by atoms with van der Waals surface area (Å²) < 4.78 is 0. The molecule has 3 aromatic rings. The molecule has 0 unspecified atom stereocenters. The highest BCUT2D eigenvalue weighted by molar-refractivity contribution is 6.35. The van der Waals surface area contributed by atoms with Gasteiger partial charge in [0.15, 0.2) is 0 Å². The highest BCUT2D eigenvalue weighted by Gasteiger charge is 2.28. The second-order valence-electron chi connectivity index (χ2n) is 6.58. The minimum Gasteiger partial charge on any atom is -0.361 e. The number of piperazine rings is 1. The third-order valence-corrected chi connectivity index (χ3v) is 5.29. The van der Waals surface area contributed by atoms with Crippen LogP contribution in [0.3, 0.4) is 0 Å². The molecule has 2 aromatic carbocycles. The quantitative estimate of drug-likeness (QED) is 0.709. The van der Waals surface area contributed by atoms with Gasteiger partial charge in [-0.15, -0.1) is 0 Å². The maximum Gasteiger partial charge on any atom is 0.254 e. The Balaban J connectivity index is 1.61. The van der Waals surface area contributed by atoms with Crippen LogP contribution >= 0.6 is 23.2 Å². The standard InChI is InChI=1S/C20H19Cl2N3O/c21-15-7-13(8-16(22)10-15)20(26)25-6-5-23-12-17(25)9-14-11-24-19-4-2-1-3-18(14)19/h1-4,7-8,10-11,17,23-24H,5-6,9,12H2/t17-/m1/s1. The molecule has 4 nitrogen and oxygen atoms in total. The maximum absolute atomic E-state index is 13.1. The van der Waals surface area contributed by atoms with Gasteiger partial charge in [0.05, 0.1) is 0 Å². The SMILES string of the molecule is O=C(c1cc(Cl)cc(Cl)c1)N1CCNC[C@H]1Cc1c[nH]c2ccccc12. The van der Waals surface area contributed by atoms with Crippen LogP contribution in [-0.2, 0) is 6.42 Å². The molecule has 2 heterocycles. The number of amides is 1. The Hall–Kier alpha value is -2.01. The van der Waals surface area contributed by atoms with Gasteiger partial charge in [0.2, 0.25) is 0 Å². The third kappa shape index (κ3) is 3.45. The summed E-state index contributed by atoms with van der Waals surface area (Å²) in [6.07, 6.45) is 2.83. The summed E-state index contributed by atoms with van der Waals surface area (Å²) in [6, 6.07) is 13.3. The fourth-order valence-electron chi connectivity index (χ4n) is 3.61. The molecule has 26 heavy (non-hydrogen) atoms. The van der Waals surface area contributed by atoms with Crippen LogP contribution in [0.4, 0.5) is 0 Å². The van der Waals surface area contributed by atoms with Gasteiger partial charge in [-0.3, -0.25) is 4.79 Å². The molecule has 0 radical (unpaired) electrons. The van der Waals surface area contributed by atoms with Crippen molar-refractivity contribution in [3.63, 3.8) is 0 Å². The third-order valence-electron chi connectivity index (χ3n) is 4.85. The lowest BCUT2D eigenvalue weighted by Crippen LogP contribution is -2.54. The fraction of sp³-hybridized carbons (Fsp3) is 0.250. The zero-order valence-electron chi connectivity index (χ0n) is 14.1. The lowest BCUT2D eigenvalue weighted by molar-refractivity contribution is 0.0636. The van der Waals surface area contributed by atoms with Gasteiger partial charge in [0, 0.05) is 58.4 Å². The summed E-state index contributed by atoms with van der Waals surface area (Å²) in [4.78, 5) is 18.3. The zero-order valence-corrected chi connectivity index (χ0v) is 15.6. The largest absolute Gasteiger partial charge is 0.361 e. The molecule has 6 heteroatoms. The number of halogens is 2. The fourth-order valence-corrected chi connectivity index (χ4v) is 4.13. The monoisotopic (exact) mass is 387 g/mol. The van der Waals surface area contributed by atoms with E-state index in [9.17, 15) is 4.79 Å². The molecule has 1 saturated heterocycles. The van der Waals surface area contributed by atoms with Gasteiger partial charge in [-0.05, 0) is 36.2 Å². The van der Waals surface area contributed by atoms with Crippen LogP contribution in [0.25, 0.3) is 10.9 Å². The number of carbonyl (C=O) groups is 1. The molecule has 1 aliphatic heterocycles. The summed E-state index contributed by atoms with van der Waals surface area (Å²) in [5.74, 6) is -0.0271. The Bertz CT molecular complexity index is 933. The topological polar surface area (TPSA) is 48.1 Å². The first kappa shape index (κ1) is 17.4. The minimum absolute atomic E-state index is 0.0271. The molecule has 134 valence electrons. The number of H-pyrrole nitrogens is 1. The molecule has 0 aliphatic carbocycles. The van der Waals surface area contributed by atoms with Crippen molar-refractivity contribution in [3.8, 4) is 0 Å². The van der Waals surface area contributed by atoms with Crippen molar-refractivity contribution in [2.75, 3.05) is 19.6 Å². The van der Waals surface area contributed by atoms with Crippen molar-refractivity contribution < 1.29 is 4.79 Å². The number of fused-ring (bicyclic) bond motifs is 1. The Morgan fingerprint density at radius 3 is 2.73 bits per heavy atom. The van der Waals surface area contributed by atoms with Crippen LogP contribution in [0, 0.1) is 0 Å². The van der Waals surface area contributed by atoms with E-state index in [1.165, 1.54) is 10.9 Å². The van der Waals surface area contributed by atoms with E-state index >= 15 is 0 Å². The van der Waals surface area contributed by atoms with Crippen molar-refractivity contribution in [3.05, 3.63) is 69.8 Å². The van der Waals surface area contributed by atoms with Crippen molar-refractivity contribution >= 4 is 40.0 Å². The summed E-state index contributed by atoms with van der Waals surface area (Å²) in [7, 11) is 0. The normalized spacial score (nSPS) is 17.6. The number of nitrogens with zero attached hydrogens (tertiary/aromatic N) is 1. The smallest absolute Gasteiger partial charge is 0.254 e. The molecule has 0 bridgehead atoms. The maximum atomic E-state index is 13.1. The summed E-state index contributed by atoms with van der Waals surface area (Å²) in [6.45, 7) is 2.21. The number of nitrogens with one attached hydrogen (secondary N) is 2. The molecule has 2 N–H and O–H groups in total. The van der Waals surface area contributed by atoms with Gasteiger partial charge in [0.1, 0.15) is 0 Å². The number of hydrogen-bond acceptors (Lipinski definition) is 2. The Morgan fingerprint density at radius 1 is 1.15 bits per heavy atom. The number of benzene rings is 2. The van der Waals surface area contributed by atoms with Crippen LogP contribution in [0.5, 0.6) is 0 Å². The number of aromatic nitrogens is 1. The van der Waals surface area contributed by atoms with E-state index in [2.05, 4.69) is 22.4 Å². The molecule has 1 atom stereocenters. The van der Waals surface area contributed by atoms with E-state index in [-0.39, 0.29) is 11.9 Å². The summed E-state index contributed by atoms with van der Waals surface area (Å²) in [5.41, 5.74) is 2.87. The van der Waals surface area contributed by atoms with E-state index in [4.69, 9.17) is 23.2 Å². The molecule has 1 fully saturated rings. The summed E-state index contributed by atoms with van der Waals surface area (Å²) >= 11 is 12.2. The van der Waals surface area contributed by atoms with Gasteiger partial charge in [-0.1, -0.05) is 41.4 Å². The second-order valence-corrected chi connectivity index (χ2v) is 7.45. The highest BCUT2D eigenvalue weighted by atomic mass is 35.5. The number of carbonyl (C=O) groups excluding carboxylic acids is 1. The van der Waals surface area contributed by atoms with E-state index < -0.39 is 0 Å². The predicted octanol–water partition coefficient (Wildman–Crippen LogP) is 4.13. The molecule has 1 amide bonds. The van der Waals surface area contributed by atoms with Gasteiger partial charge in [-0.25, -0.2) is 0 Å². The lowest BCUT2D eigenvalue weighted by Gasteiger charge is -2.36. The van der Waals surface area contributed by atoms with Gasteiger partial charge < -0.3 is 15.2 Å². The zero-order chi connectivity index (χ0) is 18.1. The lowest BCUT2D eigenvalue weighted by atomic mass is 10.0. The van der Waals surface area contributed by atoms with Crippen LogP contribution < -0.4 is 5.32 Å². The van der Waals surface area contributed by atoms with Crippen molar-refractivity contribution in [1.29, 1.82) is 0 Å². The molecular weight excluding hydrogens is 369 g/mol. The number of hydrogen-bond donors (Lipinski definition) is 2.